The van der Waals surface area contributed by atoms with E-state index >= 15 is 0 Å². The Bertz CT molecular complexity index is 307. The second kappa shape index (κ2) is 3.15. The minimum Gasteiger partial charge on any atom is -0.342 e. The summed E-state index contributed by atoms with van der Waals surface area (Å²) in [5.41, 5.74) is -0.0656. The number of aromatic amines is 1. The Balaban J connectivity index is 2.71. The third-order valence-corrected chi connectivity index (χ3v) is 1.18. The highest BCUT2D eigenvalue weighted by molar-refractivity contribution is 7.67. The summed E-state index contributed by atoms with van der Waals surface area (Å²) in [6, 6.07) is 1.31. The van der Waals surface area contributed by atoms with E-state index in [0.29, 0.717) is 0 Å². The van der Waals surface area contributed by atoms with Crippen LogP contribution in [0.4, 0.5) is 0 Å². The van der Waals surface area contributed by atoms with Gasteiger partial charge < -0.3 is 4.18 Å². The number of H-pyrrole nitrogens is 1. The SMILES string of the molecule is O=C(O[SH](=O)=O)c1cc[nH]n1. The van der Waals surface area contributed by atoms with Crippen molar-refractivity contribution in [3.05, 3.63) is 18.0 Å². The van der Waals surface area contributed by atoms with E-state index in [0.717, 1.165) is 0 Å². The fourth-order valence-corrected chi connectivity index (χ4v) is 0.717. The molecule has 0 aliphatic carbocycles. The Hall–Kier alpha value is -1.37. The van der Waals surface area contributed by atoms with Crippen LogP contribution in [0.1, 0.15) is 10.5 Å². The summed E-state index contributed by atoms with van der Waals surface area (Å²) in [6.07, 6.45) is 1.38. The molecule has 7 heteroatoms. The van der Waals surface area contributed by atoms with Gasteiger partial charge in [0.15, 0.2) is 5.69 Å². The van der Waals surface area contributed by atoms with Crippen molar-refractivity contribution in [2.45, 2.75) is 0 Å². The van der Waals surface area contributed by atoms with Gasteiger partial charge in [-0.3, -0.25) is 5.10 Å². The molecule has 0 radical (unpaired) electrons. The molecule has 0 aliphatic rings. The first-order valence-corrected chi connectivity index (χ1v) is 3.66. The maximum atomic E-state index is 10.6. The lowest BCUT2D eigenvalue weighted by atomic mass is 10.5. The summed E-state index contributed by atoms with van der Waals surface area (Å²) in [6.45, 7) is 0. The second-order valence-electron chi connectivity index (χ2n) is 1.56. The van der Waals surface area contributed by atoms with Crippen molar-refractivity contribution in [1.29, 1.82) is 0 Å². The number of nitrogens with one attached hydrogen (secondary N) is 1. The summed E-state index contributed by atoms with van der Waals surface area (Å²) >= 11 is 0. The van der Waals surface area contributed by atoms with Gasteiger partial charge >= 0.3 is 17.0 Å². The van der Waals surface area contributed by atoms with Crippen LogP contribution in [-0.2, 0) is 15.2 Å². The minimum absolute atomic E-state index is 0.0656. The summed E-state index contributed by atoms with van der Waals surface area (Å²) < 4.78 is 23.5. The van der Waals surface area contributed by atoms with E-state index in [1.54, 1.807) is 0 Å². The Labute approximate surface area is 63.3 Å². The zero-order valence-electron chi connectivity index (χ0n) is 5.18. The van der Waals surface area contributed by atoms with E-state index in [-0.39, 0.29) is 5.69 Å². The standard InChI is InChI=1S/C4H4N2O4S/c7-4(10-11(8)9)3-1-2-5-6-3/h1-2,11H,(H,5,6). The molecule has 0 aromatic carbocycles. The highest BCUT2D eigenvalue weighted by atomic mass is 32.2. The van der Waals surface area contributed by atoms with Crippen molar-refractivity contribution >= 4 is 17.0 Å². The molecule has 1 heterocycles. The maximum Gasteiger partial charge on any atom is 0.374 e. The fourth-order valence-electron chi connectivity index (χ4n) is 0.488. The lowest BCUT2D eigenvalue weighted by Gasteiger charge is -1.88. The lowest BCUT2D eigenvalue weighted by molar-refractivity contribution is 0.0748. The van der Waals surface area contributed by atoms with Crippen LogP contribution in [0, 0.1) is 0 Å². The predicted octanol–water partition coefficient (Wildman–Crippen LogP) is -0.907. The first kappa shape index (κ1) is 7.73. The van der Waals surface area contributed by atoms with Gasteiger partial charge in [-0.25, -0.2) is 4.79 Å². The highest BCUT2D eigenvalue weighted by Gasteiger charge is 2.09. The van der Waals surface area contributed by atoms with Gasteiger partial charge in [-0.1, -0.05) is 0 Å². The quantitative estimate of drug-likeness (QED) is 0.569. The third-order valence-electron chi connectivity index (χ3n) is 0.867. The van der Waals surface area contributed by atoms with Crippen molar-refractivity contribution in [2.75, 3.05) is 0 Å². The molecular weight excluding hydrogens is 172 g/mol. The van der Waals surface area contributed by atoms with E-state index in [1.807, 2.05) is 0 Å². The zero-order chi connectivity index (χ0) is 8.27. The molecule has 0 bridgehead atoms. The minimum atomic E-state index is -3.15. The average molecular weight is 176 g/mol. The number of aromatic nitrogens is 2. The summed E-state index contributed by atoms with van der Waals surface area (Å²) in [5, 5.41) is 5.74. The molecule has 1 rings (SSSR count). The van der Waals surface area contributed by atoms with Crippen LogP contribution >= 0.6 is 0 Å². The van der Waals surface area contributed by atoms with Crippen LogP contribution in [0.5, 0.6) is 0 Å². The van der Waals surface area contributed by atoms with Gasteiger partial charge in [-0.05, 0) is 6.07 Å². The van der Waals surface area contributed by atoms with Crippen molar-refractivity contribution in [3.63, 3.8) is 0 Å². The van der Waals surface area contributed by atoms with Crippen molar-refractivity contribution < 1.29 is 17.4 Å². The van der Waals surface area contributed by atoms with Crippen molar-refractivity contribution in [3.8, 4) is 0 Å². The maximum absolute atomic E-state index is 10.6. The number of rotatable bonds is 2. The number of hydrogen-bond donors (Lipinski definition) is 2. The van der Waals surface area contributed by atoms with Crippen LogP contribution in [0.25, 0.3) is 0 Å². The number of carbonyl (C=O) groups is 1. The Morgan fingerprint density at radius 1 is 1.64 bits per heavy atom. The molecule has 1 aromatic rings. The monoisotopic (exact) mass is 176 g/mol. The Morgan fingerprint density at radius 2 is 2.36 bits per heavy atom. The van der Waals surface area contributed by atoms with Gasteiger partial charge in [0.25, 0.3) is 0 Å². The highest BCUT2D eigenvalue weighted by Crippen LogP contribution is 1.94. The van der Waals surface area contributed by atoms with Crippen LogP contribution in [0.3, 0.4) is 0 Å². The molecular formula is C4H4N2O4S. The molecule has 1 aromatic heterocycles. The molecule has 6 nitrogen and oxygen atoms in total. The third kappa shape index (κ3) is 2.04. The van der Waals surface area contributed by atoms with Crippen LogP contribution in [0.2, 0.25) is 0 Å². The first-order valence-electron chi connectivity index (χ1n) is 2.56. The van der Waals surface area contributed by atoms with Gasteiger partial charge in [-0.15, -0.1) is 0 Å². The first-order chi connectivity index (χ1) is 5.20. The molecule has 0 amide bonds. The van der Waals surface area contributed by atoms with Crippen LogP contribution in [0.15, 0.2) is 12.3 Å². The largest absolute Gasteiger partial charge is 0.374 e. The van der Waals surface area contributed by atoms with E-state index in [1.165, 1.54) is 12.3 Å². The molecule has 0 fully saturated rings. The van der Waals surface area contributed by atoms with Crippen molar-refractivity contribution in [2.24, 2.45) is 0 Å². The summed E-state index contributed by atoms with van der Waals surface area (Å²) in [7, 11) is -3.15. The number of carbonyl (C=O) groups excluding carboxylic acids is 1. The fraction of sp³-hybridized carbons (Fsp3) is 0. The topological polar surface area (TPSA) is 89.1 Å². The predicted molar refractivity (Wildman–Crippen MR) is 34.3 cm³/mol. The smallest absolute Gasteiger partial charge is 0.342 e. The number of thiol groups is 1. The van der Waals surface area contributed by atoms with Gasteiger partial charge in [0.2, 0.25) is 0 Å². The molecule has 1 N–H and O–H groups in total. The van der Waals surface area contributed by atoms with E-state index in [9.17, 15) is 13.2 Å². The molecule has 11 heavy (non-hydrogen) atoms. The number of nitrogens with zero attached hydrogens (tertiary/aromatic N) is 1. The molecule has 0 saturated heterocycles. The van der Waals surface area contributed by atoms with Gasteiger partial charge in [0, 0.05) is 6.20 Å². The van der Waals surface area contributed by atoms with Crippen LogP contribution < -0.4 is 0 Å². The second-order valence-corrected chi connectivity index (χ2v) is 2.19. The van der Waals surface area contributed by atoms with Crippen molar-refractivity contribution in [1.82, 2.24) is 10.2 Å². The zero-order valence-corrected chi connectivity index (χ0v) is 6.08. The molecule has 0 atom stereocenters. The van der Waals surface area contributed by atoms with E-state index in [4.69, 9.17) is 0 Å². The molecule has 0 saturated carbocycles. The van der Waals surface area contributed by atoms with E-state index in [2.05, 4.69) is 14.4 Å². The average Bonchev–Trinajstić information content (AvgIpc) is 2.35. The molecule has 0 aliphatic heterocycles. The molecule has 0 spiro atoms. The molecule has 0 unspecified atom stereocenters. The van der Waals surface area contributed by atoms with Gasteiger partial charge in [0.05, 0.1) is 0 Å². The molecule has 60 valence electrons. The normalized spacial score (nSPS) is 9.91. The van der Waals surface area contributed by atoms with Gasteiger partial charge in [-0.2, -0.15) is 13.5 Å². The van der Waals surface area contributed by atoms with Gasteiger partial charge in [0.1, 0.15) is 0 Å². The number of hydrogen-bond acceptors (Lipinski definition) is 5. The van der Waals surface area contributed by atoms with E-state index < -0.39 is 17.0 Å². The van der Waals surface area contributed by atoms with Crippen LogP contribution in [-0.4, -0.2) is 24.6 Å². The summed E-state index contributed by atoms with van der Waals surface area (Å²) in [4.78, 5) is 10.6. The Kier molecular flexibility index (Phi) is 2.21. The summed E-state index contributed by atoms with van der Waals surface area (Å²) in [5.74, 6) is -0.984. The lowest BCUT2D eigenvalue weighted by Crippen LogP contribution is -2.03. The Morgan fingerprint density at radius 3 is 2.82 bits per heavy atom.